The maximum atomic E-state index is 14.4. The molecular formula is C32H38Cl2N3O4S+. The third-order valence-electron chi connectivity index (χ3n) is 8.76. The van der Waals surface area contributed by atoms with E-state index in [1.807, 2.05) is 48.5 Å². The molecule has 3 aromatic rings. The number of sulfonamides is 1. The Hall–Kier alpha value is -2.62. The highest BCUT2D eigenvalue weighted by Gasteiger charge is 2.51. The van der Waals surface area contributed by atoms with Crippen molar-refractivity contribution in [2.75, 3.05) is 34.3 Å². The van der Waals surface area contributed by atoms with Crippen LogP contribution in [0, 0.1) is 0 Å². The van der Waals surface area contributed by atoms with E-state index in [2.05, 4.69) is 10.2 Å². The molecule has 1 N–H and O–H groups in total. The van der Waals surface area contributed by atoms with Gasteiger partial charge in [-0.15, -0.1) is 0 Å². The SMILES string of the molecule is COc1cc2c(cc1S(=O)(=O)[N+](C)(C)Cc1ccccc1)[C@@H](NC(C)=O)[C@](c1ccc(Cl)c(Cl)c1)(N1CCCC1)CC2. The van der Waals surface area contributed by atoms with Gasteiger partial charge in [-0.1, -0.05) is 59.6 Å². The summed E-state index contributed by atoms with van der Waals surface area (Å²) in [7, 11) is 0.928. The molecule has 2 atom stereocenters. The van der Waals surface area contributed by atoms with E-state index in [0.29, 0.717) is 28.6 Å². The summed E-state index contributed by atoms with van der Waals surface area (Å²) in [6.07, 6.45) is 3.45. The second kappa shape index (κ2) is 11.8. The van der Waals surface area contributed by atoms with Gasteiger partial charge in [0.1, 0.15) is 12.3 Å². The maximum Gasteiger partial charge on any atom is 0.330 e. The zero-order chi connectivity index (χ0) is 30.3. The molecule has 10 heteroatoms. The summed E-state index contributed by atoms with van der Waals surface area (Å²) in [6.45, 7) is 3.49. The quantitative estimate of drug-likeness (QED) is 0.305. The van der Waals surface area contributed by atoms with Gasteiger partial charge in [0.05, 0.1) is 42.8 Å². The lowest BCUT2D eigenvalue weighted by Crippen LogP contribution is -2.56. The molecule has 0 unspecified atom stereocenters. The highest BCUT2D eigenvalue weighted by molar-refractivity contribution is 7.86. The zero-order valence-corrected chi connectivity index (χ0v) is 26.8. The van der Waals surface area contributed by atoms with Crippen LogP contribution < -0.4 is 10.1 Å². The van der Waals surface area contributed by atoms with Crippen LogP contribution in [0.25, 0.3) is 0 Å². The minimum absolute atomic E-state index is 0.103. The van der Waals surface area contributed by atoms with E-state index in [4.69, 9.17) is 27.9 Å². The van der Waals surface area contributed by atoms with Gasteiger partial charge in [0, 0.05) is 12.5 Å². The number of likely N-dealkylation sites (tertiary alicyclic amines) is 1. The van der Waals surface area contributed by atoms with Crippen molar-refractivity contribution in [3.05, 3.63) is 93.0 Å². The van der Waals surface area contributed by atoms with Crippen LogP contribution >= 0.6 is 23.2 Å². The molecule has 0 radical (unpaired) electrons. The minimum Gasteiger partial charge on any atom is -0.495 e. The standard InChI is InChI=1S/C32H37Cl2N3O4S/c1-22(38)35-31-26-20-30(42(39,40)37(2,3)21-23-10-6-5-7-11-23)29(41-4)18-24(26)14-15-32(31,36-16-8-9-17-36)25-12-13-27(33)28(34)19-25/h5-7,10-13,18-20,31H,8-9,14-17,21H2,1-4H3/p+1/t31-,32+/m1/s1. The van der Waals surface area contributed by atoms with Crippen molar-refractivity contribution in [1.29, 1.82) is 0 Å². The molecule has 1 saturated heterocycles. The van der Waals surface area contributed by atoms with E-state index in [1.165, 1.54) is 14.0 Å². The predicted octanol–water partition coefficient (Wildman–Crippen LogP) is 6.08. The van der Waals surface area contributed by atoms with Gasteiger partial charge in [0.15, 0.2) is 4.90 Å². The first-order valence-electron chi connectivity index (χ1n) is 14.2. The topological polar surface area (TPSA) is 75.7 Å². The van der Waals surface area contributed by atoms with Crippen molar-refractivity contribution in [2.24, 2.45) is 0 Å². The average molecular weight is 632 g/mol. The van der Waals surface area contributed by atoms with Crippen molar-refractivity contribution < 1.29 is 21.8 Å². The van der Waals surface area contributed by atoms with Crippen molar-refractivity contribution in [1.82, 2.24) is 10.2 Å². The molecule has 3 aromatic carbocycles. The van der Waals surface area contributed by atoms with E-state index in [-0.39, 0.29) is 21.2 Å². The number of halogens is 2. The molecule has 1 aliphatic carbocycles. The molecule has 42 heavy (non-hydrogen) atoms. The molecule has 0 bridgehead atoms. The lowest BCUT2D eigenvalue weighted by molar-refractivity contribution is -0.777. The van der Waals surface area contributed by atoms with E-state index >= 15 is 0 Å². The molecule has 1 aliphatic heterocycles. The molecule has 0 spiro atoms. The van der Waals surface area contributed by atoms with E-state index in [0.717, 1.165) is 48.2 Å². The Morgan fingerprint density at radius 1 is 1.05 bits per heavy atom. The van der Waals surface area contributed by atoms with Crippen molar-refractivity contribution in [3.8, 4) is 5.75 Å². The molecule has 5 rings (SSSR count). The van der Waals surface area contributed by atoms with Gasteiger partial charge in [-0.05, 0) is 79.7 Å². The Labute approximate surface area is 259 Å². The molecule has 1 fully saturated rings. The molecule has 2 aliphatic rings. The molecule has 1 heterocycles. The third-order valence-corrected chi connectivity index (χ3v) is 11.8. The molecule has 224 valence electrons. The van der Waals surface area contributed by atoms with Crippen LogP contribution in [0.3, 0.4) is 0 Å². The predicted molar refractivity (Wildman–Crippen MR) is 166 cm³/mol. The summed E-state index contributed by atoms with van der Waals surface area (Å²) < 4.78 is 34.2. The summed E-state index contributed by atoms with van der Waals surface area (Å²) >= 11 is 12.9. The van der Waals surface area contributed by atoms with Crippen molar-refractivity contribution >= 4 is 39.1 Å². The first kappa shape index (κ1) is 30.8. The fourth-order valence-corrected chi connectivity index (χ4v) is 8.50. The third kappa shape index (κ3) is 5.44. The van der Waals surface area contributed by atoms with Crippen LogP contribution in [0.15, 0.2) is 65.6 Å². The number of amides is 1. The number of hydrogen-bond acceptors (Lipinski definition) is 5. The summed E-state index contributed by atoms with van der Waals surface area (Å²) in [5, 5.41) is 4.14. The van der Waals surface area contributed by atoms with E-state index < -0.39 is 21.6 Å². The van der Waals surface area contributed by atoms with Crippen LogP contribution in [0.2, 0.25) is 10.0 Å². The number of nitrogens with one attached hydrogen (secondary N) is 1. The van der Waals surface area contributed by atoms with E-state index in [1.54, 1.807) is 26.2 Å². The van der Waals surface area contributed by atoms with Crippen LogP contribution in [-0.2, 0) is 33.3 Å². The Balaban J connectivity index is 1.71. The summed E-state index contributed by atoms with van der Waals surface area (Å²) in [6, 6.07) is 18.3. The summed E-state index contributed by atoms with van der Waals surface area (Å²) in [4.78, 5) is 15.3. The molecule has 0 aromatic heterocycles. The largest absolute Gasteiger partial charge is 0.495 e. The van der Waals surface area contributed by atoms with E-state index in [9.17, 15) is 13.2 Å². The van der Waals surface area contributed by atoms with Crippen LogP contribution in [0.1, 0.15) is 54.5 Å². The number of ether oxygens (including phenoxy) is 1. The fourth-order valence-electron chi connectivity index (χ4n) is 6.68. The Bertz CT molecular complexity index is 1590. The maximum absolute atomic E-state index is 14.4. The first-order chi connectivity index (χ1) is 19.9. The van der Waals surface area contributed by atoms with Crippen molar-refractivity contribution in [3.63, 3.8) is 0 Å². The lowest BCUT2D eigenvalue weighted by Gasteiger charge is -2.51. The molecule has 0 saturated carbocycles. The summed E-state index contributed by atoms with van der Waals surface area (Å²) in [5.74, 6) is 0.106. The van der Waals surface area contributed by atoms with Crippen LogP contribution in [-0.4, -0.2) is 57.4 Å². The molecule has 1 amide bonds. The number of nitrogens with zero attached hydrogens (tertiary/aromatic N) is 2. The second-order valence-corrected chi connectivity index (χ2v) is 15.0. The number of benzene rings is 3. The highest BCUT2D eigenvalue weighted by Crippen LogP contribution is 2.52. The number of carbonyl (C=O) groups is 1. The van der Waals surface area contributed by atoms with Gasteiger partial charge >= 0.3 is 10.0 Å². The number of aryl methyl sites for hydroxylation is 1. The minimum atomic E-state index is -3.95. The fraction of sp³-hybridized carbons (Fsp3) is 0.406. The number of fused-ring (bicyclic) bond motifs is 1. The van der Waals surface area contributed by atoms with Crippen molar-refractivity contribution in [2.45, 2.75) is 55.6 Å². The smallest absolute Gasteiger partial charge is 0.330 e. The number of carbonyl (C=O) groups excluding carboxylic acids is 1. The van der Waals surface area contributed by atoms with Gasteiger partial charge in [0.25, 0.3) is 0 Å². The Morgan fingerprint density at radius 3 is 2.36 bits per heavy atom. The monoisotopic (exact) mass is 630 g/mol. The first-order valence-corrected chi connectivity index (χ1v) is 16.4. The zero-order valence-electron chi connectivity index (χ0n) is 24.5. The van der Waals surface area contributed by atoms with Gasteiger partial charge in [-0.3, -0.25) is 9.69 Å². The van der Waals surface area contributed by atoms with Gasteiger partial charge in [0.2, 0.25) is 5.91 Å². The molecular weight excluding hydrogens is 593 g/mol. The summed E-state index contributed by atoms with van der Waals surface area (Å²) in [5.41, 5.74) is 2.93. The second-order valence-electron chi connectivity index (χ2n) is 11.8. The van der Waals surface area contributed by atoms with Gasteiger partial charge < -0.3 is 10.1 Å². The number of hydrogen-bond donors (Lipinski definition) is 1. The lowest BCUT2D eigenvalue weighted by atomic mass is 9.69. The molecule has 7 nitrogen and oxygen atoms in total. The average Bonchev–Trinajstić information content (AvgIpc) is 3.50. The van der Waals surface area contributed by atoms with Crippen LogP contribution in [0.4, 0.5) is 0 Å². The number of rotatable bonds is 8. The number of quaternary nitrogens is 1. The highest BCUT2D eigenvalue weighted by atomic mass is 35.5. The number of methoxy groups -OCH3 is 1. The van der Waals surface area contributed by atoms with Gasteiger partial charge in [-0.2, -0.15) is 8.42 Å². The van der Waals surface area contributed by atoms with Gasteiger partial charge in [-0.25, -0.2) is 3.89 Å². The van der Waals surface area contributed by atoms with Crippen LogP contribution in [0.5, 0.6) is 5.75 Å². The normalized spacial score (nSPS) is 21.1. The Morgan fingerprint density at radius 2 is 1.74 bits per heavy atom. The Kier molecular flexibility index (Phi) is 8.67.